The second kappa shape index (κ2) is 7.53. The standard InChI is InChI=1S/C15H21NO4/c1-4-6-13(15(18)19)16-14(17)11(3)20-12-8-5-7-10(2)9-12/h5,7-9,11,13H,4,6H2,1-3H3,(H,16,17)(H,18,19)/t11?,13-/m1/s1. The van der Waals surface area contributed by atoms with Crippen molar-refractivity contribution in [1.82, 2.24) is 5.32 Å². The van der Waals surface area contributed by atoms with Crippen LogP contribution in [0.4, 0.5) is 0 Å². The lowest BCUT2D eigenvalue weighted by molar-refractivity contribution is -0.143. The van der Waals surface area contributed by atoms with Crippen LogP contribution < -0.4 is 10.1 Å². The molecular weight excluding hydrogens is 258 g/mol. The van der Waals surface area contributed by atoms with Gasteiger partial charge in [0.25, 0.3) is 5.91 Å². The van der Waals surface area contributed by atoms with Crippen molar-refractivity contribution in [3.05, 3.63) is 29.8 Å². The molecule has 0 saturated heterocycles. The van der Waals surface area contributed by atoms with Gasteiger partial charge in [0.05, 0.1) is 0 Å². The Labute approximate surface area is 118 Å². The topological polar surface area (TPSA) is 75.6 Å². The Morgan fingerprint density at radius 3 is 2.65 bits per heavy atom. The van der Waals surface area contributed by atoms with Gasteiger partial charge in [0.15, 0.2) is 6.10 Å². The summed E-state index contributed by atoms with van der Waals surface area (Å²) >= 11 is 0. The van der Waals surface area contributed by atoms with Crippen LogP contribution in [0.15, 0.2) is 24.3 Å². The minimum absolute atomic E-state index is 0.401. The van der Waals surface area contributed by atoms with Crippen molar-refractivity contribution in [1.29, 1.82) is 0 Å². The molecule has 5 heteroatoms. The molecule has 0 aliphatic heterocycles. The normalized spacial score (nSPS) is 13.3. The predicted octanol–water partition coefficient (Wildman–Crippen LogP) is 2.13. The number of rotatable bonds is 7. The molecule has 0 aliphatic rings. The molecule has 0 aromatic heterocycles. The van der Waals surface area contributed by atoms with Gasteiger partial charge >= 0.3 is 5.97 Å². The number of ether oxygens (including phenoxy) is 1. The largest absolute Gasteiger partial charge is 0.481 e. The van der Waals surface area contributed by atoms with Crippen LogP contribution in [0, 0.1) is 6.92 Å². The third-order valence-electron chi connectivity index (χ3n) is 2.86. The lowest BCUT2D eigenvalue weighted by Crippen LogP contribution is -2.46. The molecule has 2 atom stereocenters. The Kier molecular flexibility index (Phi) is 6.03. The molecule has 0 aliphatic carbocycles. The Hall–Kier alpha value is -2.04. The summed E-state index contributed by atoms with van der Waals surface area (Å²) in [6.07, 6.45) is 0.346. The van der Waals surface area contributed by atoms with Crippen molar-refractivity contribution in [3.8, 4) is 5.75 Å². The molecule has 1 aromatic rings. The van der Waals surface area contributed by atoms with E-state index in [-0.39, 0.29) is 0 Å². The summed E-state index contributed by atoms with van der Waals surface area (Å²) in [4.78, 5) is 22.9. The van der Waals surface area contributed by atoms with Gasteiger partial charge in [-0.15, -0.1) is 0 Å². The number of carbonyl (C=O) groups excluding carboxylic acids is 1. The van der Waals surface area contributed by atoms with E-state index in [4.69, 9.17) is 9.84 Å². The van der Waals surface area contributed by atoms with Gasteiger partial charge in [-0.3, -0.25) is 4.79 Å². The lowest BCUT2D eigenvalue weighted by atomic mass is 10.1. The molecular formula is C15H21NO4. The van der Waals surface area contributed by atoms with E-state index in [0.717, 1.165) is 5.56 Å². The van der Waals surface area contributed by atoms with Crippen LogP contribution in [0.2, 0.25) is 0 Å². The Morgan fingerprint density at radius 2 is 2.10 bits per heavy atom. The zero-order valence-corrected chi connectivity index (χ0v) is 12.1. The first kappa shape index (κ1) is 16.0. The molecule has 0 heterocycles. The monoisotopic (exact) mass is 279 g/mol. The van der Waals surface area contributed by atoms with Crippen molar-refractivity contribution >= 4 is 11.9 Å². The highest BCUT2D eigenvalue weighted by Gasteiger charge is 2.23. The molecule has 110 valence electrons. The summed E-state index contributed by atoms with van der Waals surface area (Å²) in [6.45, 7) is 5.40. The van der Waals surface area contributed by atoms with Gasteiger partial charge < -0.3 is 15.2 Å². The van der Waals surface area contributed by atoms with Gasteiger partial charge in [0, 0.05) is 0 Å². The number of aryl methyl sites for hydroxylation is 1. The molecule has 1 rings (SSSR count). The minimum Gasteiger partial charge on any atom is -0.481 e. The highest BCUT2D eigenvalue weighted by atomic mass is 16.5. The Bertz CT molecular complexity index is 473. The average molecular weight is 279 g/mol. The van der Waals surface area contributed by atoms with E-state index in [2.05, 4.69) is 5.32 Å². The SMILES string of the molecule is CCC[C@@H](NC(=O)C(C)Oc1cccc(C)c1)C(=O)O. The summed E-state index contributed by atoms with van der Waals surface area (Å²) in [7, 11) is 0. The van der Waals surface area contributed by atoms with Crippen LogP contribution in [-0.4, -0.2) is 29.1 Å². The number of carboxylic acid groups (broad SMARTS) is 1. The zero-order chi connectivity index (χ0) is 15.1. The maximum atomic E-state index is 11.9. The molecule has 1 aromatic carbocycles. The molecule has 0 saturated carbocycles. The quantitative estimate of drug-likeness (QED) is 0.801. The maximum Gasteiger partial charge on any atom is 0.326 e. The molecule has 0 fully saturated rings. The molecule has 0 spiro atoms. The molecule has 2 N–H and O–H groups in total. The van der Waals surface area contributed by atoms with Gasteiger partial charge in [0.2, 0.25) is 0 Å². The predicted molar refractivity (Wildman–Crippen MR) is 75.7 cm³/mol. The van der Waals surface area contributed by atoms with Crippen molar-refractivity contribution < 1.29 is 19.4 Å². The second-order valence-electron chi connectivity index (χ2n) is 4.76. The Balaban J connectivity index is 2.60. The highest BCUT2D eigenvalue weighted by molar-refractivity contribution is 5.86. The number of nitrogens with one attached hydrogen (secondary N) is 1. The minimum atomic E-state index is -1.03. The number of hydrogen-bond donors (Lipinski definition) is 2. The number of aliphatic carboxylic acids is 1. The molecule has 20 heavy (non-hydrogen) atoms. The fourth-order valence-corrected chi connectivity index (χ4v) is 1.78. The van der Waals surface area contributed by atoms with E-state index in [1.165, 1.54) is 0 Å². The molecule has 0 radical (unpaired) electrons. The third-order valence-corrected chi connectivity index (χ3v) is 2.86. The first-order valence-corrected chi connectivity index (χ1v) is 6.70. The van der Waals surface area contributed by atoms with Crippen molar-refractivity contribution in [2.75, 3.05) is 0 Å². The fraction of sp³-hybridized carbons (Fsp3) is 0.467. The van der Waals surface area contributed by atoms with Gasteiger partial charge in [-0.2, -0.15) is 0 Å². The molecule has 1 unspecified atom stereocenters. The van der Waals surface area contributed by atoms with Crippen LogP contribution in [0.1, 0.15) is 32.3 Å². The molecule has 1 amide bonds. The van der Waals surface area contributed by atoms with Crippen LogP contribution in [0.5, 0.6) is 5.75 Å². The smallest absolute Gasteiger partial charge is 0.326 e. The van der Waals surface area contributed by atoms with E-state index < -0.39 is 24.0 Å². The molecule has 5 nitrogen and oxygen atoms in total. The fourth-order valence-electron chi connectivity index (χ4n) is 1.78. The Morgan fingerprint density at radius 1 is 1.40 bits per heavy atom. The summed E-state index contributed by atoms with van der Waals surface area (Å²) in [5.41, 5.74) is 1.03. The molecule has 0 bridgehead atoms. The van der Waals surface area contributed by atoms with E-state index in [1.807, 2.05) is 32.0 Å². The zero-order valence-electron chi connectivity index (χ0n) is 12.1. The summed E-state index contributed by atoms with van der Waals surface area (Å²) < 4.78 is 5.51. The number of hydrogen-bond acceptors (Lipinski definition) is 3. The number of amides is 1. The van der Waals surface area contributed by atoms with E-state index in [1.54, 1.807) is 13.0 Å². The number of carboxylic acids is 1. The van der Waals surface area contributed by atoms with Crippen LogP contribution in [-0.2, 0) is 9.59 Å². The van der Waals surface area contributed by atoms with Crippen LogP contribution >= 0.6 is 0 Å². The third kappa shape index (κ3) is 4.91. The average Bonchev–Trinajstić information content (AvgIpc) is 2.37. The van der Waals surface area contributed by atoms with Crippen LogP contribution in [0.25, 0.3) is 0 Å². The highest BCUT2D eigenvalue weighted by Crippen LogP contribution is 2.14. The van der Waals surface area contributed by atoms with Crippen molar-refractivity contribution in [2.45, 2.75) is 45.8 Å². The second-order valence-corrected chi connectivity index (χ2v) is 4.76. The maximum absolute atomic E-state index is 11.9. The summed E-state index contributed by atoms with van der Waals surface area (Å²) in [6, 6.07) is 6.49. The van der Waals surface area contributed by atoms with E-state index in [9.17, 15) is 9.59 Å². The summed E-state index contributed by atoms with van der Waals surface area (Å²) in [5.74, 6) is -0.856. The first-order chi connectivity index (χ1) is 9.43. The van der Waals surface area contributed by atoms with Crippen LogP contribution in [0.3, 0.4) is 0 Å². The number of carbonyl (C=O) groups is 2. The van der Waals surface area contributed by atoms with Gasteiger partial charge in [-0.1, -0.05) is 25.5 Å². The van der Waals surface area contributed by atoms with Gasteiger partial charge in [-0.25, -0.2) is 4.79 Å². The van der Waals surface area contributed by atoms with E-state index in [0.29, 0.717) is 18.6 Å². The lowest BCUT2D eigenvalue weighted by Gasteiger charge is -2.18. The summed E-state index contributed by atoms with van der Waals surface area (Å²) in [5, 5.41) is 11.5. The first-order valence-electron chi connectivity index (χ1n) is 6.70. The van der Waals surface area contributed by atoms with Crippen molar-refractivity contribution in [3.63, 3.8) is 0 Å². The number of benzene rings is 1. The van der Waals surface area contributed by atoms with E-state index >= 15 is 0 Å². The van der Waals surface area contributed by atoms with Gasteiger partial charge in [0.1, 0.15) is 11.8 Å². The van der Waals surface area contributed by atoms with Gasteiger partial charge in [-0.05, 0) is 38.0 Å². The van der Waals surface area contributed by atoms with Crippen molar-refractivity contribution in [2.24, 2.45) is 0 Å².